The number of aromatic nitrogens is 1. The fraction of sp³-hybridized carbons (Fsp3) is 0.308. The average Bonchev–Trinajstić information content (AvgIpc) is 2.76. The Labute approximate surface area is 94.8 Å². The van der Waals surface area contributed by atoms with Crippen molar-refractivity contribution in [3.8, 4) is 0 Å². The number of hydrogen-bond donors (Lipinski definition) is 1. The van der Waals surface area contributed by atoms with Gasteiger partial charge in [-0.2, -0.15) is 0 Å². The van der Waals surface area contributed by atoms with Crippen molar-refractivity contribution in [2.75, 3.05) is 0 Å². The van der Waals surface area contributed by atoms with E-state index in [2.05, 4.69) is 4.98 Å². The highest BCUT2D eigenvalue weighted by molar-refractivity contribution is 5.31. The molecule has 0 aromatic carbocycles. The molecule has 84 valence electrons. The summed E-state index contributed by atoms with van der Waals surface area (Å²) >= 11 is 0. The van der Waals surface area contributed by atoms with Crippen LogP contribution < -0.4 is 0 Å². The van der Waals surface area contributed by atoms with Crippen LogP contribution in [0.15, 0.2) is 35.2 Å². The summed E-state index contributed by atoms with van der Waals surface area (Å²) in [4.78, 5) is 4.08. The molecule has 0 aliphatic carbocycles. The van der Waals surface area contributed by atoms with Crippen molar-refractivity contribution in [2.24, 2.45) is 0 Å². The number of aliphatic hydroxyl groups is 1. The molecule has 3 nitrogen and oxygen atoms in total. The first-order valence-corrected chi connectivity index (χ1v) is 5.38. The molecular weight excluding hydrogens is 202 g/mol. The minimum Gasteiger partial charge on any atom is -0.469 e. The highest BCUT2D eigenvalue weighted by Gasteiger charge is 2.16. The predicted octanol–water partition coefficient (Wildman–Crippen LogP) is 2.63. The van der Waals surface area contributed by atoms with Gasteiger partial charge in [0, 0.05) is 29.9 Å². The smallest absolute Gasteiger partial charge is 0.109 e. The number of aryl methyl sites for hydroxylation is 2. The summed E-state index contributed by atoms with van der Waals surface area (Å²) < 4.78 is 5.31. The van der Waals surface area contributed by atoms with Gasteiger partial charge in [0.05, 0.1) is 6.26 Å². The van der Waals surface area contributed by atoms with E-state index in [0.29, 0.717) is 0 Å². The minimum atomic E-state index is -0.652. The van der Waals surface area contributed by atoms with Crippen molar-refractivity contribution in [1.82, 2.24) is 4.98 Å². The van der Waals surface area contributed by atoms with Crippen molar-refractivity contribution in [3.05, 3.63) is 53.2 Å². The van der Waals surface area contributed by atoms with Crippen molar-refractivity contribution >= 4 is 0 Å². The molecule has 16 heavy (non-hydrogen) atoms. The summed E-state index contributed by atoms with van der Waals surface area (Å²) in [7, 11) is 0. The Morgan fingerprint density at radius 1 is 1.44 bits per heavy atom. The summed E-state index contributed by atoms with van der Waals surface area (Å²) in [5.41, 5.74) is 2.67. The summed E-state index contributed by atoms with van der Waals surface area (Å²) in [5.74, 6) is 0.828. The van der Waals surface area contributed by atoms with Gasteiger partial charge in [-0.25, -0.2) is 0 Å². The van der Waals surface area contributed by atoms with E-state index in [9.17, 15) is 5.11 Å². The Balaban J connectivity index is 2.35. The fourth-order valence-corrected chi connectivity index (χ4v) is 1.79. The van der Waals surface area contributed by atoms with Crippen LogP contribution in [0.2, 0.25) is 0 Å². The SMILES string of the molecule is CCc1occc1C(O)c1cncc(C)c1. The lowest BCUT2D eigenvalue weighted by Gasteiger charge is -2.10. The van der Waals surface area contributed by atoms with Gasteiger partial charge in [-0.05, 0) is 18.6 Å². The first-order chi connectivity index (χ1) is 7.72. The summed E-state index contributed by atoms with van der Waals surface area (Å²) in [6, 6.07) is 3.75. The maximum Gasteiger partial charge on any atom is 0.109 e. The maximum absolute atomic E-state index is 10.2. The predicted molar refractivity (Wildman–Crippen MR) is 61.1 cm³/mol. The van der Waals surface area contributed by atoms with Crippen molar-refractivity contribution in [1.29, 1.82) is 0 Å². The standard InChI is InChI=1S/C13H15NO2/c1-3-12-11(4-5-16-12)13(15)10-6-9(2)7-14-8-10/h4-8,13,15H,3H2,1-2H3. The highest BCUT2D eigenvalue weighted by Crippen LogP contribution is 2.26. The van der Waals surface area contributed by atoms with Crippen LogP contribution in [0, 0.1) is 6.92 Å². The molecule has 2 heterocycles. The van der Waals surface area contributed by atoms with Gasteiger partial charge in [0.25, 0.3) is 0 Å². The Morgan fingerprint density at radius 3 is 2.94 bits per heavy atom. The lowest BCUT2D eigenvalue weighted by atomic mass is 10.0. The lowest BCUT2D eigenvalue weighted by molar-refractivity contribution is 0.217. The molecule has 0 radical (unpaired) electrons. The van der Waals surface area contributed by atoms with Crippen LogP contribution in [0.5, 0.6) is 0 Å². The minimum absolute atomic E-state index is 0.652. The molecule has 0 saturated heterocycles. The van der Waals surface area contributed by atoms with Crippen molar-refractivity contribution in [3.63, 3.8) is 0 Å². The first-order valence-electron chi connectivity index (χ1n) is 5.38. The number of pyridine rings is 1. The molecule has 2 rings (SSSR count). The van der Waals surface area contributed by atoms with Crippen LogP contribution in [-0.4, -0.2) is 10.1 Å². The molecule has 1 unspecified atom stereocenters. The largest absolute Gasteiger partial charge is 0.469 e. The molecular formula is C13H15NO2. The van der Waals surface area contributed by atoms with Gasteiger partial charge in [0.1, 0.15) is 11.9 Å². The third-order valence-corrected chi connectivity index (χ3v) is 2.61. The van der Waals surface area contributed by atoms with E-state index in [1.165, 1.54) is 0 Å². The van der Waals surface area contributed by atoms with Gasteiger partial charge in [-0.3, -0.25) is 4.98 Å². The molecule has 0 spiro atoms. The first kappa shape index (κ1) is 10.9. The third-order valence-electron chi connectivity index (χ3n) is 2.61. The van der Waals surface area contributed by atoms with Crippen molar-refractivity contribution in [2.45, 2.75) is 26.4 Å². The third kappa shape index (κ3) is 1.99. The summed E-state index contributed by atoms with van der Waals surface area (Å²) in [6.45, 7) is 3.96. The van der Waals surface area contributed by atoms with E-state index >= 15 is 0 Å². The Bertz CT molecular complexity index is 476. The molecule has 3 heteroatoms. The Morgan fingerprint density at radius 2 is 2.25 bits per heavy atom. The van der Waals surface area contributed by atoms with Gasteiger partial charge in [-0.1, -0.05) is 13.0 Å². The molecule has 0 aliphatic heterocycles. The maximum atomic E-state index is 10.2. The number of nitrogens with zero attached hydrogens (tertiary/aromatic N) is 1. The van der Waals surface area contributed by atoms with E-state index in [-0.39, 0.29) is 0 Å². The highest BCUT2D eigenvalue weighted by atomic mass is 16.3. The zero-order valence-corrected chi connectivity index (χ0v) is 9.47. The van der Waals surface area contributed by atoms with Gasteiger partial charge >= 0.3 is 0 Å². The molecule has 2 aromatic rings. The monoisotopic (exact) mass is 217 g/mol. The van der Waals surface area contributed by atoms with Gasteiger partial charge in [0.2, 0.25) is 0 Å². The fourth-order valence-electron chi connectivity index (χ4n) is 1.79. The van der Waals surface area contributed by atoms with Crippen LogP contribution in [0.25, 0.3) is 0 Å². The quantitative estimate of drug-likeness (QED) is 0.859. The van der Waals surface area contributed by atoms with Crippen LogP contribution in [0.3, 0.4) is 0 Å². The summed E-state index contributed by atoms with van der Waals surface area (Å²) in [5, 5.41) is 10.2. The number of rotatable bonds is 3. The number of aliphatic hydroxyl groups excluding tert-OH is 1. The molecule has 1 N–H and O–H groups in total. The van der Waals surface area contributed by atoms with Crippen LogP contribution in [0.4, 0.5) is 0 Å². The normalized spacial score (nSPS) is 12.7. The molecule has 0 fully saturated rings. The van der Waals surface area contributed by atoms with E-state index in [1.54, 1.807) is 18.7 Å². The topological polar surface area (TPSA) is 46.3 Å². The Kier molecular flexibility index (Phi) is 3.06. The van der Waals surface area contributed by atoms with Gasteiger partial charge in [-0.15, -0.1) is 0 Å². The number of hydrogen-bond acceptors (Lipinski definition) is 3. The molecule has 1 atom stereocenters. The zero-order chi connectivity index (χ0) is 11.5. The zero-order valence-electron chi connectivity index (χ0n) is 9.47. The Hall–Kier alpha value is -1.61. The second kappa shape index (κ2) is 4.49. The van der Waals surface area contributed by atoms with E-state index in [1.807, 2.05) is 26.0 Å². The molecule has 0 bridgehead atoms. The second-order valence-electron chi connectivity index (χ2n) is 3.85. The van der Waals surface area contributed by atoms with Gasteiger partial charge in [0.15, 0.2) is 0 Å². The second-order valence-corrected chi connectivity index (χ2v) is 3.85. The van der Waals surface area contributed by atoms with Crippen LogP contribution >= 0.6 is 0 Å². The van der Waals surface area contributed by atoms with E-state index < -0.39 is 6.10 Å². The molecule has 2 aromatic heterocycles. The van der Waals surface area contributed by atoms with Crippen LogP contribution in [-0.2, 0) is 6.42 Å². The van der Waals surface area contributed by atoms with Crippen molar-refractivity contribution < 1.29 is 9.52 Å². The van der Waals surface area contributed by atoms with Gasteiger partial charge < -0.3 is 9.52 Å². The van der Waals surface area contributed by atoms with E-state index in [4.69, 9.17) is 4.42 Å². The number of furan rings is 1. The average molecular weight is 217 g/mol. The molecule has 0 amide bonds. The lowest BCUT2D eigenvalue weighted by Crippen LogP contribution is -2.02. The van der Waals surface area contributed by atoms with E-state index in [0.717, 1.165) is 28.9 Å². The summed E-state index contributed by atoms with van der Waals surface area (Å²) in [6.07, 6.45) is 5.19. The van der Waals surface area contributed by atoms with Crippen LogP contribution in [0.1, 0.15) is 35.5 Å². The molecule has 0 aliphatic rings. The molecule has 0 saturated carbocycles.